The lowest BCUT2D eigenvalue weighted by Crippen LogP contribution is -2.05. The van der Waals surface area contributed by atoms with E-state index in [9.17, 15) is 9.18 Å². The molecule has 0 saturated heterocycles. The summed E-state index contributed by atoms with van der Waals surface area (Å²) in [6.45, 7) is 2.39. The molecule has 21 heavy (non-hydrogen) atoms. The Balaban J connectivity index is 0.00000106. The van der Waals surface area contributed by atoms with Crippen LogP contribution in [0.3, 0.4) is 0 Å². The van der Waals surface area contributed by atoms with Crippen LogP contribution in [0.4, 0.5) is 4.39 Å². The zero-order valence-corrected chi connectivity index (χ0v) is 12.2. The minimum atomic E-state index is -0.319. The van der Waals surface area contributed by atoms with Gasteiger partial charge in [-0.1, -0.05) is 31.2 Å². The number of rotatable bonds is 5. The van der Waals surface area contributed by atoms with Crippen molar-refractivity contribution in [1.82, 2.24) is 0 Å². The van der Waals surface area contributed by atoms with Gasteiger partial charge in [0.15, 0.2) is 0 Å². The minimum absolute atomic E-state index is 0.319. The minimum Gasteiger partial charge on any atom is -0.462 e. The molecule has 0 radical (unpaired) electrons. The normalized spacial score (nSPS) is 9.29. The molecule has 0 aliphatic carbocycles. The summed E-state index contributed by atoms with van der Waals surface area (Å²) in [5, 5.41) is 0. The number of halogens is 1. The fraction of sp³-hybridized carbons (Fsp3) is 0.235. The molecule has 2 aromatic rings. The molecule has 0 fully saturated rings. The van der Waals surface area contributed by atoms with Gasteiger partial charge in [-0.05, 0) is 36.8 Å². The van der Waals surface area contributed by atoms with Crippen molar-refractivity contribution in [2.24, 2.45) is 0 Å². The quantitative estimate of drug-likeness (QED) is 0.753. The Bertz CT molecular complexity index is 541. The average Bonchev–Trinajstić information content (AvgIpc) is 2.55. The van der Waals surface area contributed by atoms with E-state index in [1.165, 1.54) is 0 Å². The molecule has 2 rings (SSSR count). The van der Waals surface area contributed by atoms with Crippen LogP contribution < -0.4 is 4.74 Å². The summed E-state index contributed by atoms with van der Waals surface area (Å²) in [6.07, 6.45) is 0.811. The van der Waals surface area contributed by atoms with E-state index >= 15 is 0 Å². The summed E-state index contributed by atoms with van der Waals surface area (Å²) in [4.78, 5) is 11.7. The first-order valence-electron chi connectivity index (χ1n) is 6.67. The molecule has 0 bridgehead atoms. The molecule has 3 nitrogen and oxygen atoms in total. The van der Waals surface area contributed by atoms with E-state index in [0.717, 1.165) is 12.2 Å². The van der Waals surface area contributed by atoms with Crippen molar-refractivity contribution in [2.75, 3.05) is 13.8 Å². The zero-order chi connectivity index (χ0) is 15.5. The third-order valence-corrected chi connectivity index (χ3v) is 2.49. The van der Waals surface area contributed by atoms with Gasteiger partial charge in [0.25, 0.3) is 0 Å². The largest absolute Gasteiger partial charge is 0.462 e. The van der Waals surface area contributed by atoms with Crippen molar-refractivity contribution >= 4 is 5.97 Å². The van der Waals surface area contributed by atoms with Gasteiger partial charge < -0.3 is 9.47 Å². The Hall–Kier alpha value is -2.36. The van der Waals surface area contributed by atoms with Gasteiger partial charge in [-0.15, -0.1) is 0 Å². The maximum Gasteiger partial charge on any atom is 0.338 e. The SMILES string of the molecule is CCCOC(=O)c1cccc(Oc2ccccc2)c1.CF. The first-order chi connectivity index (χ1) is 10.3. The van der Waals surface area contributed by atoms with Crippen LogP contribution in [0.15, 0.2) is 54.6 Å². The number of carbonyl (C=O) groups excluding carboxylic acids is 1. The van der Waals surface area contributed by atoms with E-state index < -0.39 is 0 Å². The molecular weight excluding hydrogens is 271 g/mol. The molecule has 2 aromatic carbocycles. The second-order valence-electron chi connectivity index (χ2n) is 4.08. The predicted octanol–water partition coefficient (Wildman–Crippen LogP) is 4.63. The van der Waals surface area contributed by atoms with Crippen LogP contribution in [0.2, 0.25) is 0 Å². The molecule has 0 heterocycles. The number of carbonyl (C=O) groups is 1. The molecule has 0 aliphatic heterocycles. The lowest BCUT2D eigenvalue weighted by atomic mass is 10.2. The monoisotopic (exact) mass is 290 g/mol. The maximum atomic E-state index is 11.7. The molecule has 0 saturated carbocycles. The van der Waals surface area contributed by atoms with E-state index in [4.69, 9.17) is 9.47 Å². The lowest BCUT2D eigenvalue weighted by Gasteiger charge is -2.07. The summed E-state index contributed by atoms with van der Waals surface area (Å²) in [6, 6.07) is 16.4. The Morgan fingerprint density at radius 3 is 2.33 bits per heavy atom. The van der Waals surface area contributed by atoms with Crippen molar-refractivity contribution in [3.8, 4) is 11.5 Å². The Morgan fingerprint density at radius 2 is 1.67 bits per heavy atom. The third-order valence-electron chi connectivity index (χ3n) is 2.49. The van der Waals surface area contributed by atoms with Crippen molar-refractivity contribution < 1.29 is 18.7 Å². The van der Waals surface area contributed by atoms with Gasteiger partial charge in [-0.3, -0.25) is 4.39 Å². The van der Waals surface area contributed by atoms with Crippen LogP contribution >= 0.6 is 0 Å². The highest BCUT2D eigenvalue weighted by Gasteiger charge is 2.08. The van der Waals surface area contributed by atoms with Crippen LogP contribution in [-0.4, -0.2) is 19.8 Å². The molecule has 4 heteroatoms. The van der Waals surface area contributed by atoms with Gasteiger partial charge in [0.2, 0.25) is 0 Å². The topological polar surface area (TPSA) is 35.5 Å². The Labute approximate surface area is 124 Å². The lowest BCUT2D eigenvalue weighted by molar-refractivity contribution is 0.0504. The van der Waals surface area contributed by atoms with Crippen molar-refractivity contribution in [3.05, 3.63) is 60.2 Å². The van der Waals surface area contributed by atoms with Crippen molar-refractivity contribution in [3.63, 3.8) is 0 Å². The summed E-state index contributed by atoms with van der Waals surface area (Å²) >= 11 is 0. The number of para-hydroxylation sites is 1. The summed E-state index contributed by atoms with van der Waals surface area (Å²) in [7, 11) is 0.500. The number of esters is 1. The van der Waals surface area contributed by atoms with Crippen LogP contribution in [0.1, 0.15) is 23.7 Å². The van der Waals surface area contributed by atoms with Gasteiger partial charge >= 0.3 is 5.97 Å². The van der Waals surface area contributed by atoms with Gasteiger partial charge in [0.1, 0.15) is 11.5 Å². The molecule has 0 spiro atoms. The molecule has 0 aromatic heterocycles. The van der Waals surface area contributed by atoms with Crippen molar-refractivity contribution in [1.29, 1.82) is 0 Å². The summed E-state index contributed by atoms with van der Waals surface area (Å²) in [5.41, 5.74) is 0.502. The second-order valence-corrected chi connectivity index (χ2v) is 4.08. The first-order valence-corrected chi connectivity index (χ1v) is 6.67. The van der Waals surface area contributed by atoms with Crippen molar-refractivity contribution in [2.45, 2.75) is 13.3 Å². The van der Waals surface area contributed by atoms with Gasteiger partial charge in [0.05, 0.1) is 19.3 Å². The van der Waals surface area contributed by atoms with Crippen LogP contribution in [0.25, 0.3) is 0 Å². The smallest absolute Gasteiger partial charge is 0.338 e. The molecule has 0 aliphatic rings. The van der Waals surface area contributed by atoms with E-state index in [1.807, 2.05) is 43.3 Å². The molecule has 0 atom stereocenters. The predicted molar refractivity (Wildman–Crippen MR) is 80.6 cm³/mol. The maximum absolute atomic E-state index is 11.7. The standard InChI is InChI=1S/C16H16O3.CH3F/c1-2-11-18-16(17)13-7-6-10-15(12-13)19-14-8-4-3-5-9-14;1-2/h3-10,12H,2,11H2,1H3;1H3. The van der Waals surface area contributed by atoms with E-state index in [-0.39, 0.29) is 5.97 Å². The van der Waals surface area contributed by atoms with Gasteiger partial charge in [0, 0.05) is 0 Å². The molecule has 0 amide bonds. The van der Waals surface area contributed by atoms with E-state index in [2.05, 4.69) is 0 Å². The molecule has 0 N–H and O–H groups in total. The first kappa shape index (κ1) is 16.7. The van der Waals surface area contributed by atoms with E-state index in [1.54, 1.807) is 18.2 Å². The molecule has 112 valence electrons. The molecule has 0 unspecified atom stereocenters. The fourth-order valence-corrected chi connectivity index (χ4v) is 1.59. The zero-order valence-electron chi connectivity index (χ0n) is 12.2. The van der Waals surface area contributed by atoms with E-state index in [0.29, 0.717) is 25.1 Å². The highest BCUT2D eigenvalue weighted by molar-refractivity contribution is 5.89. The number of hydrogen-bond acceptors (Lipinski definition) is 3. The highest BCUT2D eigenvalue weighted by atomic mass is 19.1. The summed E-state index contributed by atoms with van der Waals surface area (Å²) in [5.74, 6) is 1.04. The average molecular weight is 290 g/mol. The molecular formula is C17H19FO3. The van der Waals surface area contributed by atoms with Gasteiger partial charge in [-0.25, -0.2) is 4.79 Å². The Kier molecular flexibility index (Phi) is 7.58. The van der Waals surface area contributed by atoms with Crippen LogP contribution in [0.5, 0.6) is 11.5 Å². The number of hydrogen-bond donors (Lipinski definition) is 0. The summed E-state index contributed by atoms with van der Waals surface area (Å²) < 4.78 is 20.3. The van der Waals surface area contributed by atoms with Gasteiger partial charge in [-0.2, -0.15) is 0 Å². The Morgan fingerprint density at radius 1 is 1.00 bits per heavy atom. The number of alkyl halides is 1. The second kappa shape index (κ2) is 9.53. The number of ether oxygens (including phenoxy) is 2. The third kappa shape index (κ3) is 5.65. The fourth-order valence-electron chi connectivity index (χ4n) is 1.59. The van der Waals surface area contributed by atoms with Crippen LogP contribution in [-0.2, 0) is 4.74 Å². The highest BCUT2D eigenvalue weighted by Crippen LogP contribution is 2.22. The number of benzene rings is 2. The van der Waals surface area contributed by atoms with Crippen LogP contribution in [0, 0.1) is 0 Å².